The van der Waals surface area contributed by atoms with Crippen molar-refractivity contribution >= 4 is 57.6 Å². The lowest BCUT2D eigenvalue weighted by molar-refractivity contribution is -0.578. The lowest BCUT2D eigenvalue weighted by Crippen LogP contribution is -2.40. The molecule has 0 atom stereocenters. The molecule has 0 bridgehead atoms. The molecule has 0 fully saturated rings. The molecule has 3 rings (SSSR count). The van der Waals surface area contributed by atoms with E-state index in [1.165, 1.54) is 0 Å². The normalized spacial score (nSPS) is 11.7. The van der Waals surface area contributed by atoms with Gasteiger partial charge in [-0.3, -0.25) is 0 Å². The Morgan fingerprint density at radius 1 is 1.00 bits per heavy atom. The third-order valence-corrected chi connectivity index (χ3v) is 4.74. The van der Waals surface area contributed by atoms with E-state index in [1.807, 2.05) is 0 Å². The predicted molar refractivity (Wildman–Crippen MR) is 115 cm³/mol. The first-order chi connectivity index (χ1) is 13.5. The van der Waals surface area contributed by atoms with Crippen LogP contribution < -0.4 is 15.0 Å². The summed E-state index contributed by atoms with van der Waals surface area (Å²) in [5, 5.41) is 26.9. The van der Waals surface area contributed by atoms with Crippen LogP contribution in [0.25, 0.3) is 11.5 Å². The van der Waals surface area contributed by atoms with E-state index in [1.54, 1.807) is 77.6 Å². The Balaban J connectivity index is 2.07. The number of thiocarbonyl (C=S) groups is 1. The summed E-state index contributed by atoms with van der Waals surface area (Å²) in [6, 6.07) is 17.1. The van der Waals surface area contributed by atoms with Gasteiger partial charge in [0.15, 0.2) is 17.4 Å². The second-order valence-corrected chi connectivity index (χ2v) is 7.20. The van der Waals surface area contributed by atoms with Crippen LogP contribution >= 0.6 is 35.4 Å². The van der Waals surface area contributed by atoms with Crippen LogP contribution in [0, 0.1) is 0 Å². The molecule has 0 aliphatic carbocycles. The van der Waals surface area contributed by atoms with Crippen molar-refractivity contribution in [2.24, 2.45) is 0 Å². The number of hydrogen-bond donors (Lipinski definition) is 2. The van der Waals surface area contributed by atoms with E-state index in [0.717, 1.165) is 0 Å². The van der Waals surface area contributed by atoms with Crippen molar-refractivity contribution in [2.75, 3.05) is 5.32 Å². The van der Waals surface area contributed by atoms with E-state index in [2.05, 4.69) is 5.32 Å². The van der Waals surface area contributed by atoms with Crippen LogP contribution in [-0.4, -0.2) is 10.1 Å². The number of aliphatic hydroxyl groups excluding tert-OH is 1. The standard InChI is InChI=1S/C21H16Cl2N2O2S/c22-16-5-3-15(4-6-16)20(27)19(25-11-1-2-14(12-25)13-26)21(28)24-18-9-7-17(23)8-10-18/h1-12,26H,13H2,(H-,24,27,28). The van der Waals surface area contributed by atoms with E-state index in [-0.39, 0.29) is 23.1 Å². The maximum atomic E-state index is 13.2. The summed E-state index contributed by atoms with van der Waals surface area (Å²) in [6.45, 7) is -0.152. The SMILES string of the molecule is [O-]/C(=C(\C(=S)Nc1ccc(Cl)cc1)[n+]1cccc(CO)c1)c1ccc(Cl)cc1. The highest BCUT2D eigenvalue weighted by atomic mass is 35.5. The maximum absolute atomic E-state index is 13.2. The number of aromatic nitrogens is 1. The summed E-state index contributed by atoms with van der Waals surface area (Å²) >= 11 is 17.4. The van der Waals surface area contributed by atoms with Crippen LogP contribution in [0.3, 0.4) is 0 Å². The molecule has 0 radical (unpaired) electrons. The average Bonchev–Trinajstić information content (AvgIpc) is 2.70. The minimum absolute atomic E-state index is 0.152. The second-order valence-electron chi connectivity index (χ2n) is 5.92. The van der Waals surface area contributed by atoms with Gasteiger partial charge in [-0.15, -0.1) is 0 Å². The second kappa shape index (κ2) is 9.17. The van der Waals surface area contributed by atoms with Crippen LogP contribution in [0.1, 0.15) is 11.1 Å². The van der Waals surface area contributed by atoms with Gasteiger partial charge in [0, 0.05) is 27.4 Å². The summed E-state index contributed by atoms with van der Waals surface area (Å²) in [6.07, 6.45) is 3.37. The molecule has 3 aromatic rings. The van der Waals surface area contributed by atoms with Crippen molar-refractivity contribution in [2.45, 2.75) is 6.61 Å². The molecule has 1 heterocycles. The molecule has 0 unspecified atom stereocenters. The zero-order chi connectivity index (χ0) is 20.1. The number of benzene rings is 2. The number of hydrogen-bond acceptors (Lipinski definition) is 3. The molecule has 7 heteroatoms. The van der Waals surface area contributed by atoms with E-state index >= 15 is 0 Å². The number of anilines is 1. The van der Waals surface area contributed by atoms with E-state index in [9.17, 15) is 10.2 Å². The largest absolute Gasteiger partial charge is 0.867 e. The molecule has 0 aliphatic rings. The number of halogens is 2. The summed E-state index contributed by atoms with van der Waals surface area (Å²) in [5.74, 6) is -0.275. The molecule has 0 amide bonds. The predicted octanol–water partition coefficient (Wildman–Crippen LogP) is 3.90. The average molecular weight is 431 g/mol. The third kappa shape index (κ3) is 4.88. The van der Waals surface area contributed by atoms with Crippen molar-refractivity contribution < 1.29 is 14.8 Å². The Morgan fingerprint density at radius 3 is 2.21 bits per heavy atom. The zero-order valence-electron chi connectivity index (χ0n) is 14.6. The third-order valence-electron chi connectivity index (χ3n) is 3.94. The Hall–Kier alpha value is -2.44. The van der Waals surface area contributed by atoms with E-state index in [4.69, 9.17) is 35.4 Å². The fourth-order valence-corrected chi connectivity index (χ4v) is 3.12. The van der Waals surface area contributed by atoms with Crippen LogP contribution in [0.2, 0.25) is 10.0 Å². The topological polar surface area (TPSA) is 59.2 Å². The first kappa shape index (κ1) is 20.3. The van der Waals surface area contributed by atoms with Crippen molar-refractivity contribution in [3.05, 3.63) is 94.2 Å². The van der Waals surface area contributed by atoms with Crippen LogP contribution in [0.5, 0.6) is 0 Å². The van der Waals surface area contributed by atoms with Gasteiger partial charge in [0.25, 0.3) is 0 Å². The Labute approximate surface area is 178 Å². The van der Waals surface area contributed by atoms with Gasteiger partial charge in [0.05, 0.1) is 6.61 Å². The van der Waals surface area contributed by atoms with Gasteiger partial charge in [-0.1, -0.05) is 47.6 Å². The van der Waals surface area contributed by atoms with Crippen LogP contribution in [0.4, 0.5) is 5.69 Å². The molecular weight excluding hydrogens is 415 g/mol. The van der Waals surface area contributed by atoms with Gasteiger partial charge >= 0.3 is 0 Å². The fraction of sp³-hybridized carbons (Fsp3) is 0.0476. The number of pyridine rings is 1. The lowest BCUT2D eigenvalue weighted by Gasteiger charge is -2.17. The first-order valence-electron chi connectivity index (χ1n) is 8.33. The zero-order valence-corrected chi connectivity index (χ0v) is 16.9. The Kier molecular flexibility index (Phi) is 6.65. The summed E-state index contributed by atoms with van der Waals surface area (Å²) in [5.41, 5.74) is 2.05. The van der Waals surface area contributed by atoms with Crippen molar-refractivity contribution in [1.29, 1.82) is 0 Å². The van der Waals surface area contributed by atoms with E-state index in [0.29, 0.717) is 26.9 Å². The molecule has 4 nitrogen and oxygen atoms in total. The number of aliphatic hydroxyl groups is 1. The molecule has 142 valence electrons. The minimum Gasteiger partial charge on any atom is -0.867 e. The molecular formula is C21H16Cl2N2O2S. The van der Waals surface area contributed by atoms with Crippen LogP contribution in [-0.2, 0) is 6.61 Å². The quantitative estimate of drug-likeness (QED) is 0.279. The van der Waals surface area contributed by atoms with Gasteiger partial charge < -0.3 is 15.5 Å². The minimum atomic E-state index is -0.275. The number of rotatable bonds is 5. The molecule has 2 aromatic carbocycles. The Morgan fingerprint density at radius 2 is 1.61 bits per heavy atom. The number of nitrogens with one attached hydrogen (secondary N) is 1. The van der Waals surface area contributed by atoms with Gasteiger partial charge in [0.2, 0.25) is 5.70 Å². The summed E-state index contributed by atoms with van der Waals surface area (Å²) in [7, 11) is 0. The van der Waals surface area contributed by atoms with Gasteiger partial charge in [-0.25, -0.2) is 0 Å². The van der Waals surface area contributed by atoms with Crippen molar-refractivity contribution in [3.8, 4) is 0 Å². The van der Waals surface area contributed by atoms with Gasteiger partial charge in [0.1, 0.15) is 0 Å². The highest BCUT2D eigenvalue weighted by molar-refractivity contribution is 7.81. The highest BCUT2D eigenvalue weighted by Crippen LogP contribution is 2.20. The van der Waals surface area contributed by atoms with Gasteiger partial charge in [-0.2, -0.15) is 4.57 Å². The molecule has 1 aromatic heterocycles. The monoisotopic (exact) mass is 430 g/mol. The smallest absolute Gasteiger partial charge is 0.238 e. The van der Waals surface area contributed by atoms with Crippen molar-refractivity contribution in [1.82, 2.24) is 0 Å². The van der Waals surface area contributed by atoms with Crippen LogP contribution in [0.15, 0.2) is 73.1 Å². The lowest BCUT2D eigenvalue weighted by atomic mass is 10.1. The molecule has 2 N–H and O–H groups in total. The summed E-state index contributed by atoms with van der Waals surface area (Å²) in [4.78, 5) is 0.238. The Bertz CT molecular complexity index is 1020. The molecule has 0 aliphatic heterocycles. The highest BCUT2D eigenvalue weighted by Gasteiger charge is 2.19. The van der Waals surface area contributed by atoms with E-state index < -0.39 is 0 Å². The molecule has 0 spiro atoms. The number of nitrogens with zero attached hydrogens (tertiary/aromatic N) is 1. The van der Waals surface area contributed by atoms with Crippen molar-refractivity contribution in [3.63, 3.8) is 0 Å². The summed E-state index contributed by atoms with van der Waals surface area (Å²) < 4.78 is 1.60. The molecule has 0 saturated heterocycles. The molecule has 0 saturated carbocycles. The first-order valence-corrected chi connectivity index (χ1v) is 9.50. The fourth-order valence-electron chi connectivity index (χ4n) is 2.56. The molecule has 28 heavy (non-hydrogen) atoms. The maximum Gasteiger partial charge on any atom is 0.238 e. The van der Waals surface area contributed by atoms with Gasteiger partial charge in [-0.05, 0) is 53.8 Å².